The van der Waals surface area contributed by atoms with Crippen LogP contribution in [0.5, 0.6) is 0 Å². The van der Waals surface area contributed by atoms with Gasteiger partial charge in [0.2, 0.25) is 0 Å². The maximum Gasteiger partial charge on any atom is 0.326 e. The number of rotatable bonds is 3. The quantitative estimate of drug-likeness (QED) is 0.863. The number of aryl methyl sites for hydroxylation is 1. The zero-order chi connectivity index (χ0) is 15.0. The second-order valence-corrected chi connectivity index (χ2v) is 5.90. The van der Waals surface area contributed by atoms with E-state index in [0.717, 1.165) is 25.1 Å². The third-order valence-corrected chi connectivity index (χ3v) is 4.72. The lowest BCUT2D eigenvalue weighted by Gasteiger charge is -2.24. The highest BCUT2D eigenvalue weighted by atomic mass is 16.4. The lowest BCUT2D eigenvalue weighted by Crippen LogP contribution is -2.47. The van der Waals surface area contributed by atoms with Crippen LogP contribution < -0.4 is 5.32 Å². The molecule has 1 aromatic heterocycles. The van der Waals surface area contributed by atoms with Gasteiger partial charge in [-0.1, -0.05) is 6.42 Å². The molecule has 1 aliphatic carbocycles. The number of imidazole rings is 1. The van der Waals surface area contributed by atoms with E-state index in [1.165, 1.54) is 4.90 Å². The average Bonchev–Trinajstić information content (AvgIpc) is 3.10. The standard InChI is InChI=1S/C14H20N4O3/c1-17-6-5-15-11(17)7-16-14(21)18-8-9-3-2-4-10(9)12(18)13(19)20/h5-6,9-10,12H,2-4,7-8H2,1H3,(H,16,21)(H,19,20). The van der Waals surface area contributed by atoms with Crippen molar-refractivity contribution in [3.05, 3.63) is 18.2 Å². The van der Waals surface area contributed by atoms with Crippen LogP contribution >= 0.6 is 0 Å². The number of urea groups is 1. The summed E-state index contributed by atoms with van der Waals surface area (Å²) in [5.41, 5.74) is 0. The molecule has 2 amide bonds. The summed E-state index contributed by atoms with van der Waals surface area (Å²) in [6, 6.07) is -0.987. The highest BCUT2D eigenvalue weighted by molar-refractivity contribution is 5.83. The van der Waals surface area contributed by atoms with Crippen LogP contribution in [0.25, 0.3) is 0 Å². The number of hydrogen-bond acceptors (Lipinski definition) is 3. The van der Waals surface area contributed by atoms with Crippen molar-refractivity contribution in [3.8, 4) is 0 Å². The SMILES string of the molecule is Cn1ccnc1CNC(=O)N1CC2CCCC2C1C(=O)O. The van der Waals surface area contributed by atoms with Crippen molar-refractivity contribution in [1.82, 2.24) is 19.8 Å². The Kier molecular flexibility index (Phi) is 3.57. The van der Waals surface area contributed by atoms with Crippen molar-refractivity contribution < 1.29 is 14.7 Å². The van der Waals surface area contributed by atoms with Gasteiger partial charge in [-0.15, -0.1) is 0 Å². The molecule has 114 valence electrons. The van der Waals surface area contributed by atoms with Gasteiger partial charge in [-0.3, -0.25) is 0 Å². The van der Waals surface area contributed by atoms with E-state index in [0.29, 0.717) is 19.0 Å². The van der Waals surface area contributed by atoms with Gasteiger partial charge in [0.15, 0.2) is 0 Å². The van der Waals surface area contributed by atoms with Crippen LogP contribution in [0.3, 0.4) is 0 Å². The van der Waals surface area contributed by atoms with Gasteiger partial charge in [-0.25, -0.2) is 14.6 Å². The highest BCUT2D eigenvalue weighted by Crippen LogP contribution is 2.42. The number of likely N-dealkylation sites (tertiary alicyclic amines) is 1. The second kappa shape index (κ2) is 5.38. The van der Waals surface area contributed by atoms with Crippen LogP contribution in [0.1, 0.15) is 25.1 Å². The number of amides is 2. The number of carboxylic acids is 1. The van der Waals surface area contributed by atoms with E-state index >= 15 is 0 Å². The van der Waals surface area contributed by atoms with Gasteiger partial charge in [0.05, 0.1) is 6.54 Å². The van der Waals surface area contributed by atoms with Crippen LogP contribution in [0.4, 0.5) is 4.79 Å². The Balaban J connectivity index is 1.66. The zero-order valence-corrected chi connectivity index (χ0v) is 12.0. The highest BCUT2D eigenvalue weighted by Gasteiger charge is 2.49. The molecule has 3 atom stereocenters. The van der Waals surface area contributed by atoms with E-state index < -0.39 is 12.0 Å². The molecule has 21 heavy (non-hydrogen) atoms. The van der Waals surface area contributed by atoms with Crippen LogP contribution in [0.15, 0.2) is 12.4 Å². The first-order chi connectivity index (χ1) is 10.1. The molecule has 1 aromatic rings. The number of carboxylic acid groups (broad SMARTS) is 1. The molecule has 0 spiro atoms. The fourth-order valence-corrected chi connectivity index (χ4v) is 3.65. The first kappa shape index (κ1) is 13.9. The first-order valence-corrected chi connectivity index (χ1v) is 7.31. The molecule has 3 rings (SSSR count). The third-order valence-electron chi connectivity index (χ3n) is 4.72. The Morgan fingerprint density at radius 3 is 2.95 bits per heavy atom. The van der Waals surface area contributed by atoms with Crippen molar-refractivity contribution in [2.75, 3.05) is 6.54 Å². The molecule has 0 radical (unpaired) electrons. The lowest BCUT2D eigenvalue weighted by atomic mass is 9.94. The number of nitrogens with zero attached hydrogens (tertiary/aromatic N) is 3. The zero-order valence-electron chi connectivity index (χ0n) is 12.0. The Labute approximate surface area is 122 Å². The number of nitrogens with one attached hydrogen (secondary N) is 1. The minimum absolute atomic E-state index is 0.112. The Hall–Kier alpha value is -2.05. The molecule has 7 heteroatoms. The first-order valence-electron chi connectivity index (χ1n) is 7.31. The number of carbonyl (C=O) groups excluding carboxylic acids is 1. The topological polar surface area (TPSA) is 87.5 Å². The third kappa shape index (κ3) is 2.48. The Morgan fingerprint density at radius 2 is 2.29 bits per heavy atom. The van der Waals surface area contributed by atoms with Crippen LogP contribution in [-0.2, 0) is 18.4 Å². The minimum Gasteiger partial charge on any atom is -0.480 e. The summed E-state index contributed by atoms with van der Waals surface area (Å²) < 4.78 is 1.83. The van der Waals surface area contributed by atoms with Gasteiger partial charge in [0, 0.05) is 26.0 Å². The number of aliphatic carboxylic acids is 1. The van der Waals surface area contributed by atoms with E-state index in [-0.39, 0.29) is 11.9 Å². The molecule has 2 aliphatic rings. The largest absolute Gasteiger partial charge is 0.480 e. The molecule has 2 heterocycles. The smallest absolute Gasteiger partial charge is 0.326 e. The molecule has 2 N–H and O–H groups in total. The molecule has 0 bridgehead atoms. The maximum absolute atomic E-state index is 12.3. The van der Waals surface area contributed by atoms with Crippen molar-refractivity contribution >= 4 is 12.0 Å². The normalized spacial score (nSPS) is 27.7. The van der Waals surface area contributed by atoms with Crippen molar-refractivity contribution in [1.29, 1.82) is 0 Å². The van der Waals surface area contributed by atoms with Gasteiger partial charge in [-0.05, 0) is 24.7 Å². The maximum atomic E-state index is 12.3. The van der Waals surface area contributed by atoms with Crippen LogP contribution in [-0.4, -0.2) is 44.1 Å². The monoisotopic (exact) mass is 292 g/mol. The minimum atomic E-state index is -0.892. The van der Waals surface area contributed by atoms with E-state index in [2.05, 4.69) is 10.3 Å². The molecule has 1 aliphatic heterocycles. The number of hydrogen-bond donors (Lipinski definition) is 2. The Morgan fingerprint density at radius 1 is 1.48 bits per heavy atom. The molecular weight excluding hydrogens is 272 g/mol. The lowest BCUT2D eigenvalue weighted by molar-refractivity contribution is -0.142. The fourth-order valence-electron chi connectivity index (χ4n) is 3.65. The number of aromatic nitrogens is 2. The molecule has 1 saturated carbocycles. The van der Waals surface area contributed by atoms with Gasteiger partial charge < -0.3 is 19.9 Å². The van der Waals surface area contributed by atoms with Crippen LogP contribution in [0, 0.1) is 11.8 Å². The summed E-state index contributed by atoms with van der Waals surface area (Å²) in [7, 11) is 1.86. The second-order valence-electron chi connectivity index (χ2n) is 5.90. The van der Waals surface area contributed by atoms with Crippen LogP contribution in [0.2, 0.25) is 0 Å². The van der Waals surface area contributed by atoms with Gasteiger partial charge >= 0.3 is 12.0 Å². The van der Waals surface area contributed by atoms with Crippen molar-refractivity contribution in [3.63, 3.8) is 0 Å². The predicted octanol–water partition coefficient (Wildman–Crippen LogP) is 0.815. The van der Waals surface area contributed by atoms with E-state index in [1.54, 1.807) is 6.20 Å². The van der Waals surface area contributed by atoms with E-state index in [9.17, 15) is 14.7 Å². The van der Waals surface area contributed by atoms with Gasteiger partial charge in [0.25, 0.3) is 0 Å². The van der Waals surface area contributed by atoms with Crippen molar-refractivity contribution in [2.24, 2.45) is 18.9 Å². The van der Waals surface area contributed by atoms with Gasteiger partial charge in [-0.2, -0.15) is 0 Å². The summed E-state index contributed by atoms with van der Waals surface area (Å²) in [5, 5.41) is 12.2. The van der Waals surface area contributed by atoms with E-state index in [4.69, 9.17) is 0 Å². The molecule has 1 saturated heterocycles. The average molecular weight is 292 g/mol. The molecule has 0 aromatic carbocycles. The summed E-state index contributed by atoms with van der Waals surface area (Å²) in [6.07, 6.45) is 6.48. The van der Waals surface area contributed by atoms with Gasteiger partial charge in [0.1, 0.15) is 11.9 Å². The summed E-state index contributed by atoms with van der Waals surface area (Å²) in [6.45, 7) is 0.856. The summed E-state index contributed by atoms with van der Waals surface area (Å²) in [4.78, 5) is 29.4. The Bertz CT molecular complexity index is 556. The molecule has 2 fully saturated rings. The molecule has 7 nitrogen and oxygen atoms in total. The summed E-state index contributed by atoms with van der Waals surface area (Å²) >= 11 is 0. The van der Waals surface area contributed by atoms with E-state index in [1.807, 2.05) is 17.8 Å². The summed E-state index contributed by atoms with van der Waals surface area (Å²) in [5.74, 6) is 0.303. The predicted molar refractivity (Wildman–Crippen MR) is 74.4 cm³/mol. The molecular formula is C14H20N4O3. The number of fused-ring (bicyclic) bond motifs is 1. The number of carbonyl (C=O) groups is 2. The fraction of sp³-hybridized carbons (Fsp3) is 0.643. The molecule has 3 unspecified atom stereocenters. The van der Waals surface area contributed by atoms with Crippen molar-refractivity contribution in [2.45, 2.75) is 31.8 Å².